The normalized spacial score (nSPS) is 20.9. The fourth-order valence-electron chi connectivity index (χ4n) is 2.65. The van der Waals surface area contributed by atoms with Gasteiger partial charge in [0.25, 0.3) is 5.91 Å². The molecule has 2 aromatic carbocycles. The van der Waals surface area contributed by atoms with E-state index in [4.69, 9.17) is 4.74 Å². The van der Waals surface area contributed by atoms with E-state index in [0.717, 1.165) is 5.69 Å². The second kappa shape index (κ2) is 4.35. The standard InChI is InChI=1S/C16H15NO3/c1-17-14-6-4-3-5-13(14)16(19,15(17)18)11-7-9-12(20-2)10-8-11/h3-10,19H,1-2H3. The molecule has 4 heteroatoms. The largest absolute Gasteiger partial charge is 0.497 e. The van der Waals surface area contributed by atoms with Gasteiger partial charge in [0.1, 0.15) is 5.75 Å². The maximum atomic E-state index is 12.5. The zero-order valence-corrected chi connectivity index (χ0v) is 11.3. The number of methoxy groups -OCH3 is 1. The van der Waals surface area contributed by atoms with Crippen LogP contribution in [0.5, 0.6) is 5.75 Å². The number of amides is 1. The predicted octanol–water partition coefficient (Wildman–Crippen LogP) is 1.91. The van der Waals surface area contributed by atoms with E-state index in [1.165, 1.54) is 4.90 Å². The number of hydrogen-bond acceptors (Lipinski definition) is 3. The van der Waals surface area contributed by atoms with Crippen LogP contribution in [0.2, 0.25) is 0 Å². The number of likely N-dealkylation sites (N-methyl/N-ethyl adjacent to an activating group) is 1. The minimum absolute atomic E-state index is 0.344. The molecule has 1 heterocycles. The Labute approximate surface area is 117 Å². The van der Waals surface area contributed by atoms with Crippen LogP contribution in [0.25, 0.3) is 0 Å². The van der Waals surface area contributed by atoms with Crippen molar-refractivity contribution in [3.05, 3.63) is 59.7 Å². The number of anilines is 1. The first-order valence-electron chi connectivity index (χ1n) is 6.33. The Bertz CT molecular complexity index is 666. The lowest BCUT2D eigenvalue weighted by molar-refractivity contribution is -0.131. The topological polar surface area (TPSA) is 49.8 Å². The molecule has 0 radical (unpaired) electrons. The second-order valence-electron chi connectivity index (χ2n) is 4.82. The summed E-state index contributed by atoms with van der Waals surface area (Å²) in [5.41, 5.74) is 0.256. The van der Waals surface area contributed by atoms with Crippen molar-refractivity contribution in [2.45, 2.75) is 5.60 Å². The van der Waals surface area contributed by atoms with Gasteiger partial charge in [0.15, 0.2) is 5.60 Å². The van der Waals surface area contributed by atoms with E-state index in [2.05, 4.69) is 0 Å². The van der Waals surface area contributed by atoms with E-state index in [9.17, 15) is 9.90 Å². The molecular formula is C16H15NO3. The predicted molar refractivity (Wildman–Crippen MR) is 75.8 cm³/mol. The molecule has 4 nitrogen and oxygen atoms in total. The van der Waals surface area contributed by atoms with E-state index in [1.54, 1.807) is 44.5 Å². The van der Waals surface area contributed by atoms with Crippen molar-refractivity contribution in [2.24, 2.45) is 0 Å². The first-order chi connectivity index (χ1) is 9.59. The SMILES string of the molecule is COc1ccc(C2(O)C(=O)N(C)c3ccccc32)cc1. The van der Waals surface area contributed by atoms with Crippen molar-refractivity contribution in [3.8, 4) is 5.75 Å². The van der Waals surface area contributed by atoms with Gasteiger partial charge in [0, 0.05) is 12.6 Å². The zero-order valence-electron chi connectivity index (χ0n) is 11.3. The lowest BCUT2D eigenvalue weighted by Crippen LogP contribution is -2.39. The summed E-state index contributed by atoms with van der Waals surface area (Å²) in [4.78, 5) is 14.0. The fourth-order valence-corrected chi connectivity index (χ4v) is 2.65. The lowest BCUT2D eigenvalue weighted by Gasteiger charge is -2.22. The number of benzene rings is 2. The molecule has 1 amide bonds. The number of carbonyl (C=O) groups excluding carboxylic acids is 1. The number of rotatable bonds is 2. The van der Waals surface area contributed by atoms with Gasteiger partial charge in [-0.2, -0.15) is 0 Å². The molecule has 2 aromatic rings. The Hall–Kier alpha value is -2.33. The van der Waals surface area contributed by atoms with Gasteiger partial charge >= 0.3 is 0 Å². The molecule has 102 valence electrons. The summed E-state index contributed by atoms with van der Waals surface area (Å²) >= 11 is 0. The molecule has 0 saturated carbocycles. The number of nitrogens with zero attached hydrogens (tertiary/aromatic N) is 1. The average molecular weight is 269 g/mol. The smallest absolute Gasteiger partial charge is 0.268 e. The third-order valence-electron chi connectivity index (χ3n) is 3.78. The van der Waals surface area contributed by atoms with Gasteiger partial charge < -0.3 is 14.7 Å². The number of carbonyl (C=O) groups is 1. The Morgan fingerprint density at radius 3 is 2.40 bits per heavy atom. The molecule has 0 aliphatic carbocycles. The van der Waals surface area contributed by atoms with Crippen LogP contribution in [0.3, 0.4) is 0 Å². The van der Waals surface area contributed by atoms with E-state index < -0.39 is 5.60 Å². The Kier molecular flexibility index (Phi) is 2.76. The van der Waals surface area contributed by atoms with E-state index in [-0.39, 0.29) is 5.91 Å². The van der Waals surface area contributed by atoms with Crippen molar-refractivity contribution in [1.29, 1.82) is 0 Å². The third-order valence-corrected chi connectivity index (χ3v) is 3.78. The molecule has 0 bridgehead atoms. The van der Waals surface area contributed by atoms with E-state index in [1.807, 2.05) is 18.2 Å². The highest BCUT2D eigenvalue weighted by Crippen LogP contribution is 2.43. The molecule has 1 atom stereocenters. The first kappa shape index (κ1) is 12.7. The van der Waals surface area contributed by atoms with Gasteiger partial charge in [0.05, 0.1) is 12.8 Å². The molecule has 1 N–H and O–H groups in total. The van der Waals surface area contributed by atoms with Crippen LogP contribution in [-0.2, 0) is 10.4 Å². The Morgan fingerprint density at radius 1 is 1.10 bits per heavy atom. The van der Waals surface area contributed by atoms with Crippen molar-refractivity contribution in [2.75, 3.05) is 19.1 Å². The Balaban J connectivity index is 2.17. The summed E-state index contributed by atoms with van der Waals surface area (Å²) in [6, 6.07) is 14.2. The maximum Gasteiger partial charge on any atom is 0.268 e. The van der Waals surface area contributed by atoms with Gasteiger partial charge in [-0.1, -0.05) is 30.3 Å². The molecule has 0 saturated heterocycles. The number of aliphatic hydroxyl groups is 1. The van der Waals surface area contributed by atoms with Crippen LogP contribution in [0.15, 0.2) is 48.5 Å². The lowest BCUT2D eigenvalue weighted by atomic mass is 9.87. The molecule has 0 aromatic heterocycles. The quantitative estimate of drug-likeness (QED) is 0.906. The van der Waals surface area contributed by atoms with Crippen molar-refractivity contribution < 1.29 is 14.6 Å². The number of hydrogen-bond donors (Lipinski definition) is 1. The molecular weight excluding hydrogens is 254 g/mol. The maximum absolute atomic E-state index is 12.5. The summed E-state index contributed by atoms with van der Waals surface area (Å²) in [5.74, 6) is 0.341. The average Bonchev–Trinajstić information content (AvgIpc) is 2.71. The summed E-state index contributed by atoms with van der Waals surface area (Å²) in [7, 11) is 3.25. The highest BCUT2D eigenvalue weighted by molar-refractivity contribution is 6.08. The highest BCUT2D eigenvalue weighted by atomic mass is 16.5. The molecule has 0 fully saturated rings. The number of para-hydroxylation sites is 1. The van der Waals surface area contributed by atoms with Crippen molar-refractivity contribution >= 4 is 11.6 Å². The monoisotopic (exact) mass is 269 g/mol. The van der Waals surface area contributed by atoms with Crippen LogP contribution >= 0.6 is 0 Å². The van der Waals surface area contributed by atoms with Gasteiger partial charge in [-0.25, -0.2) is 0 Å². The van der Waals surface area contributed by atoms with Gasteiger partial charge in [-0.3, -0.25) is 4.79 Å². The van der Waals surface area contributed by atoms with Crippen LogP contribution < -0.4 is 9.64 Å². The van der Waals surface area contributed by atoms with Crippen LogP contribution in [0, 0.1) is 0 Å². The number of fused-ring (bicyclic) bond motifs is 1. The highest BCUT2D eigenvalue weighted by Gasteiger charge is 2.49. The zero-order chi connectivity index (χ0) is 14.3. The summed E-state index contributed by atoms with van der Waals surface area (Å²) in [6.07, 6.45) is 0. The molecule has 3 rings (SSSR count). The van der Waals surface area contributed by atoms with Crippen LogP contribution in [0.4, 0.5) is 5.69 Å². The van der Waals surface area contributed by atoms with Gasteiger partial charge in [0.2, 0.25) is 0 Å². The molecule has 20 heavy (non-hydrogen) atoms. The Morgan fingerprint density at radius 2 is 1.75 bits per heavy atom. The molecule has 1 aliphatic heterocycles. The third kappa shape index (κ3) is 1.55. The minimum atomic E-state index is -1.63. The van der Waals surface area contributed by atoms with E-state index >= 15 is 0 Å². The van der Waals surface area contributed by atoms with Crippen molar-refractivity contribution in [3.63, 3.8) is 0 Å². The van der Waals surface area contributed by atoms with Crippen molar-refractivity contribution in [1.82, 2.24) is 0 Å². The number of ether oxygens (including phenoxy) is 1. The first-order valence-corrected chi connectivity index (χ1v) is 6.33. The van der Waals surface area contributed by atoms with Crippen LogP contribution in [0.1, 0.15) is 11.1 Å². The minimum Gasteiger partial charge on any atom is -0.497 e. The molecule has 1 unspecified atom stereocenters. The summed E-state index contributed by atoms with van der Waals surface area (Å²) < 4.78 is 5.11. The summed E-state index contributed by atoms with van der Waals surface area (Å²) in [5, 5.41) is 11.0. The molecule has 1 aliphatic rings. The van der Waals surface area contributed by atoms with Crippen LogP contribution in [-0.4, -0.2) is 25.2 Å². The second-order valence-corrected chi connectivity index (χ2v) is 4.82. The van der Waals surface area contributed by atoms with Gasteiger partial charge in [-0.05, 0) is 23.8 Å². The van der Waals surface area contributed by atoms with Gasteiger partial charge in [-0.15, -0.1) is 0 Å². The fraction of sp³-hybridized carbons (Fsp3) is 0.188. The summed E-state index contributed by atoms with van der Waals surface area (Å²) in [6.45, 7) is 0. The van der Waals surface area contributed by atoms with E-state index in [0.29, 0.717) is 16.9 Å². The molecule has 0 spiro atoms.